The number of rotatable bonds is 5. The number of hydrogen-bond acceptors (Lipinski definition) is 2. The zero-order valence-corrected chi connectivity index (χ0v) is 14.6. The van der Waals surface area contributed by atoms with Crippen molar-refractivity contribution < 1.29 is 9.53 Å². The van der Waals surface area contributed by atoms with Gasteiger partial charge in [-0.3, -0.25) is 4.79 Å². The average molecular weight is 375 g/mol. The maximum atomic E-state index is 12.5. The third-order valence-corrected chi connectivity index (χ3v) is 4.50. The lowest BCUT2D eigenvalue weighted by molar-refractivity contribution is -0.139. The lowest BCUT2D eigenvalue weighted by atomic mass is 9.95. The Morgan fingerprint density at radius 2 is 2.38 bits per heavy atom. The molecule has 0 aliphatic carbocycles. The van der Waals surface area contributed by atoms with Gasteiger partial charge in [0.25, 0.3) is 5.91 Å². The van der Waals surface area contributed by atoms with Crippen LogP contribution in [0.4, 0.5) is 0 Å². The summed E-state index contributed by atoms with van der Waals surface area (Å²) in [6, 6.07) is 7.16. The molecule has 0 bridgehead atoms. The second-order valence-corrected chi connectivity index (χ2v) is 6.72. The number of ether oxygens (including phenoxy) is 1. The highest BCUT2D eigenvalue weighted by Crippen LogP contribution is 2.23. The molecule has 1 aliphatic rings. The summed E-state index contributed by atoms with van der Waals surface area (Å²) in [5.41, 5.74) is 0. The van der Waals surface area contributed by atoms with Gasteiger partial charge in [0, 0.05) is 23.4 Å². The van der Waals surface area contributed by atoms with Crippen LogP contribution in [-0.2, 0) is 4.79 Å². The lowest BCUT2D eigenvalue weighted by Crippen LogP contribution is -2.45. The third kappa shape index (κ3) is 4.89. The van der Waals surface area contributed by atoms with Gasteiger partial charge in [0.05, 0.1) is 0 Å². The Kier molecular flexibility index (Phi) is 6.37. The van der Waals surface area contributed by atoms with Gasteiger partial charge in [0.1, 0.15) is 5.75 Å². The summed E-state index contributed by atoms with van der Waals surface area (Å²) in [4.78, 5) is 14.4. The van der Waals surface area contributed by atoms with E-state index in [9.17, 15) is 4.79 Å². The SMILES string of the molecule is CC(Oc1cccc(Cl)c1)C(=O)N1CCCC(CCBr)C1. The van der Waals surface area contributed by atoms with Crippen LogP contribution in [0.1, 0.15) is 26.2 Å². The monoisotopic (exact) mass is 373 g/mol. The first-order valence-electron chi connectivity index (χ1n) is 7.37. The molecule has 1 amide bonds. The molecule has 0 spiro atoms. The van der Waals surface area contributed by atoms with E-state index in [1.807, 2.05) is 17.0 Å². The second-order valence-electron chi connectivity index (χ2n) is 5.49. The van der Waals surface area contributed by atoms with Crippen LogP contribution in [0.25, 0.3) is 0 Å². The molecular weight excluding hydrogens is 354 g/mol. The highest BCUT2D eigenvalue weighted by atomic mass is 79.9. The van der Waals surface area contributed by atoms with Gasteiger partial charge in [-0.05, 0) is 50.3 Å². The summed E-state index contributed by atoms with van der Waals surface area (Å²) in [6.45, 7) is 3.48. The lowest BCUT2D eigenvalue weighted by Gasteiger charge is -2.34. The minimum absolute atomic E-state index is 0.0641. The molecule has 2 atom stereocenters. The van der Waals surface area contributed by atoms with Crippen molar-refractivity contribution in [1.29, 1.82) is 0 Å². The normalized spacial score (nSPS) is 20.1. The zero-order valence-electron chi connectivity index (χ0n) is 12.2. The predicted molar refractivity (Wildman–Crippen MR) is 89.3 cm³/mol. The van der Waals surface area contributed by atoms with Crippen molar-refractivity contribution in [3.8, 4) is 5.75 Å². The molecule has 1 aromatic carbocycles. The van der Waals surface area contributed by atoms with E-state index in [-0.39, 0.29) is 5.91 Å². The summed E-state index contributed by atoms with van der Waals surface area (Å²) in [7, 11) is 0. The van der Waals surface area contributed by atoms with Crippen LogP contribution in [-0.4, -0.2) is 35.3 Å². The first kappa shape index (κ1) is 16.6. The Bertz CT molecular complexity index is 481. The highest BCUT2D eigenvalue weighted by Gasteiger charge is 2.27. The molecule has 2 rings (SSSR count). The van der Waals surface area contributed by atoms with Gasteiger partial charge in [-0.15, -0.1) is 0 Å². The van der Waals surface area contributed by atoms with Crippen LogP contribution in [0.15, 0.2) is 24.3 Å². The van der Waals surface area contributed by atoms with Crippen molar-refractivity contribution in [2.75, 3.05) is 18.4 Å². The minimum Gasteiger partial charge on any atom is -0.481 e. The number of benzene rings is 1. The molecule has 1 aromatic rings. The van der Waals surface area contributed by atoms with Crippen molar-refractivity contribution in [3.05, 3.63) is 29.3 Å². The molecule has 1 saturated heterocycles. The Balaban J connectivity index is 1.92. The van der Waals surface area contributed by atoms with Gasteiger partial charge in [-0.25, -0.2) is 0 Å². The van der Waals surface area contributed by atoms with Gasteiger partial charge in [0.2, 0.25) is 0 Å². The zero-order chi connectivity index (χ0) is 15.2. The molecule has 3 nitrogen and oxygen atoms in total. The van der Waals surface area contributed by atoms with Crippen molar-refractivity contribution in [2.45, 2.75) is 32.3 Å². The first-order valence-corrected chi connectivity index (χ1v) is 8.87. The van der Waals surface area contributed by atoms with Crippen molar-refractivity contribution in [2.24, 2.45) is 5.92 Å². The first-order chi connectivity index (χ1) is 10.1. The molecule has 2 unspecified atom stereocenters. The molecule has 1 aliphatic heterocycles. The molecule has 1 fully saturated rings. The summed E-state index contributed by atoms with van der Waals surface area (Å²) in [5.74, 6) is 1.30. The van der Waals surface area contributed by atoms with Crippen LogP contribution in [0.2, 0.25) is 5.02 Å². The largest absolute Gasteiger partial charge is 0.481 e. The number of hydrogen-bond donors (Lipinski definition) is 0. The maximum Gasteiger partial charge on any atom is 0.263 e. The van der Waals surface area contributed by atoms with Gasteiger partial charge >= 0.3 is 0 Å². The molecule has 0 aromatic heterocycles. The van der Waals surface area contributed by atoms with Crippen molar-refractivity contribution in [1.82, 2.24) is 4.90 Å². The number of piperidine rings is 1. The Morgan fingerprint density at radius 3 is 3.10 bits per heavy atom. The van der Waals surface area contributed by atoms with Crippen LogP contribution in [0, 0.1) is 5.92 Å². The predicted octanol–water partition coefficient (Wildman–Crippen LogP) is 4.13. The van der Waals surface area contributed by atoms with Crippen molar-refractivity contribution >= 4 is 33.4 Å². The van der Waals surface area contributed by atoms with E-state index >= 15 is 0 Å². The fourth-order valence-electron chi connectivity index (χ4n) is 2.71. The fraction of sp³-hybridized carbons (Fsp3) is 0.562. The quantitative estimate of drug-likeness (QED) is 0.725. The van der Waals surface area contributed by atoms with Gasteiger partial charge in [-0.1, -0.05) is 33.6 Å². The van der Waals surface area contributed by atoms with Gasteiger partial charge in [0.15, 0.2) is 6.10 Å². The number of alkyl halides is 1. The second kappa shape index (κ2) is 8.04. The van der Waals surface area contributed by atoms with Crippen LogP contribution in [0.5, 0.6) is 5.75 Å². The number of nitrogens with zero attached hydrogens (tertiary/aromatic N) is 1. The van der Waals surface area contributed by atoms with Crippen LogP contribution in [0.3, 0.4) is 0 Å². The number of halogens is 2. The van der Waals surface area contributed by atoms with E-state index in [0.717, 1.165) is 31.3 Å². The van der Waals surface area contributed by atoms with Gasteiger partial charge < -0.3 is 9.64 Å². The van der Waals surface area contributed by atoms with Crippen LogP contribution >= 0.6 is 27.5 Å². The van der Waals surface area contributed by atoms with Crippen molar-refractivity contribution in [3.63, 3.8) is 0 Å². The Hall–Kier alpha value is -0.740. The molecule has 5 heteroatoms. The van der Waals surface area contributed by atoms with Crippen LogP contribution < -0.4 is 4.74 Å². The molecular formula is C16H21BrClNO2. The van der Waals surface area contributed by atoms with E-state index in [1.54, 1.807) is 19.1 Å². The van der Waals surface area contributed by atoms with E-state index in [4.69, 9.17) is 16.3 Å². The van der Waals surface area contributed by atoms with E-state index in [2.05, 4.69) is 15.9 Å². The fourth-order valence-corrected chi connectivity index (χ4v) is 3.53. The highest BCUT2D eigenvalue weighted by molar-refractivity contribution is 9.09. The molecule has 0 N–H and O–H groups in total. The average Bonchev–Trinajstić information content (AvgIpc) is 2.47. The number of likely N-dealkylation sites (tertiary alicyclic amines) is 1. The minimum atomic E-state index is -0.480. The summed E-state index contributed by atoms with van der Waals surface area (Å²) >= 11 is 9.41. The smallest absolute Gasteiger partial charge is 0.263 e. The van der Waals surface area contributed by atoms with E-state index in [1.165, 1.54) is 6.42 Å². The van der Waals surface area contributed by atoms with Gasteiger partial charge in [-0.2, -0.15) is 0 Å². The van der Waals surface area contributed by atoms with E-state index < -0.39 is 6.10 Å². The topological polar surface area (TPSA) is 29.5 Å². The summed E-state index contributed by atoms with van der Waals surface area (Å²) < 4.78 is 5.72. The number of amides is 1. The third-order valence-electron chi connectivity index (χ3n) is 3.80. The number of carbonyl (C=O) groups is 1. The molecule has 21 heavy (non-hydrogen) atoms. The summed E-state index contributed by atoms with van der Waals surface area (Å²) in [5, 5.41) is 1.61. The summed E-state index contributed by atoms with van der Waals surface area (Å²) in [6.07, 6.45) is 2.92. The Labute approximate surface area is 139 Å². The van der Waals surface area contributed by atoms with E-state index in [0.29, 0.717) is 16.7 Å². The maximum absolute atomic E-state index is 12.5. The number of carbonyl (C=O) groups excluding carboxylic acids is 1. The Morgan fingerprint density at radius 1 is 1.57 bits per heavy atom. The molecule has 116 valence electrons. The standard InChI is InChI=1S/C16H21BrClNO2/c1-12(21-15-6-2-5-14(18)10-15)16(20)19-9-3-4-13(11-19)7-8-17/h2,5-6,10,12-13H,3-4,7-9,11H2,1H3. The molecule has 0 saturated carbocycles. The molecule has 0 radical (unpaired) electrons. The molecule has 1 heterocycles.